The van der Waals surface area contributed by atoms with E-state index in [1.165, 1.54) is 4.90 Å². The lowest BCUT2D eigenvalue weighted by Crippen LogP contribution is -2.39. The summed E-state index contributed by atoms with van der Waals surface area (Å²) in [5, 5.41) is 4.86. The molecule has 2 aromatic carbocycles. The van der Waals surface area contributed by atoms with Gasteiger partial charge in [-0.2, -0.15) is 9.37 Å². The van der Waals surface area contributed by atoms with Gasteiger partial charge in [-0.25, -0.2) is 17.2 Å². The van der Waals surface area contributed by atoms with Crippen LogP contribution < -0.4 is 10.2 Å². The van der Waals surface area contributed by atoms with Crippen LogP contribution in [-0.4, -0.2) is 38.3 Å². The molecule has 4 rings (SSSR count). The summed E-state index contributed by atoms with van der Waals surface area (Å²) in [6, 6.07) is 12.9. The zero-order valence-electron chi connectivity index (χ0n) is 17.6. The van der Waals surface area contributed by atoms with Crippen molar-refractivity contribution in [2.75, 3.05) is 29.1 Å². The molecule has 1 aromatic heterocycles. The monoisotopic (exact) mass is 463 g/mol. The summed E-state index contributed by atoms with van der Waals surface area (Å²) in [7, 11) is -4.47. The smallest absolute Gasteiger partial charge is 0.252 e. The molecule has 1 N–H and O–H groups in total. The normalized spacial score (nSPS) is 17.0. The van der Waals surface area contributed by atoms with E-state index in [-0.39, 0.29) is 12.6 Å². The summed E-state index contributed by atoms with van der Waals surface area (Å²) in [6.07, 6.45) is 2.40. The Kier molecular flexibility index (Phi) is 6.28. The molecule has 0 unspecified atom stereocenters. The summed E-state index contributed by atoms with van der Waals surface area (Å²) < 4.78 is 69.6. The molecule has 170 valence electrons. The zero-order chi connectivity index (χ0) is 22.9. The Morgan fingerprint density at radius 1 is 1.06 bits per heavy atom. The highest BCUT2D eigenvalue weighted by atomic mass is 32.2. The van der Waals surface area contributed by atoms with Crippen LogP contribution in [-0.2, 0) is 9.84 Å². The van der Waals surface area contributed by atoms with Crippen LogP contribution in [0.2, 0.25) is 0 Å². The van der Waals surface area contributed by atoms with E-state index in [0.717, 1.165) is 30.0 Å². The Hall–Kier alpha value is -2.81. The Morgan fingerprint density at radius 3 is 2.59 bits per heavy atom. The van der Waals surface area contributed by atoms with Gasteiger partial charge in [-0.1, -0.05) is 36.4 Å². The van der Waals surface area contributed by atoms with Crippen molar-refractivity contribution in [1.82, 2.24) is 4.98 Å². The number of benzene rings is 2. The third-order valence-corrected chi connectivity index (χ3v) is 7.56. The maximum absolute atomic E-state index is 15.2. The van der Waals surface area contributed by atoms with Crippen LogP contribution in [0, 0.1) is 17.6 Å². The first-order valence-electron chi connectivity index (χ1n) is 10.5. The number of fused-ring (bicyclic) bond motifs is 1. The fourth-order valence-corrected chi connectivity index (χ4v) is 5.46. The van der Waals surface area contributed by atoms with Crippen molar-refractivity contribution in [2.45, 2.75) is 37.1 Å². The van der Waals surface area contributed by atoms with Crippen molar-refractivity contribution in [3.05, 3.63) is 60.0 Å². The largest absolute Gasteiger partial charge is 0.384 e. The van der Waals surface area contributed by atoms with Crippen LogP contribution in [0.25, 0.3) is 10.8 Å². The highest BCUT2D eigenvalue weighted by Gasteiger charge is 2.33. The van der Waals surface area contributed by atoms with E-state index in [4.69, 9.17) is 0 Å². The number of piperidine rings is 1. The van der Waals surface area contributed by atoms with Crippen molar-refractivity contribution in [1.29, 1.82) is 0 Å². The van der Waals surface area contributed by atoms with Gasteiger partial charge < -0.3 is 10.2 Å². The van der Waals surface area contributed by atoms with Gasteiger partial charge in [0, 0.05) is 30.2 Å². The standard InChI is InChI=1S/C23H24F3N3O2S/c1-15-7-4-5-13-29(15)23-20(25)21(19(24)22(26)28-23)32(30,31)14-12-27-18-11-6-9-16-8-2-3-10-17(16)18/h2-3,6,8-11,15,27H,4-5,7,12-14H2,1H3/t15-/m1/s1. The molecule has 1 saturated heterocycles. The maximum atomic E-state index is 15.2. The van der Waals surface area contributed by atoms with E-state index in [0.29, 0.717) is 12.2 Å². The fraction of sp³-hybridized carbons (Fsp3) is 0.348. The van der Waals surface area contributed by atoms with Crippen LogP contribution in [0.5, 0.6) is 0 Å². The summed E-state index contributed by atoms with van der Waals surface area (Å²) in [4.78, 5) is 3.67. The van der Waals surface area contributed by atoms with Crippen LogP contribution in [0.1, 0.15) is 26.2 Å². The highest BCUT2D eigenvalue weighted by molar-refractivity contribution is 7.91. The molecule has 1 aliphatic rings. The van der Waals surface area contributed by atoms with E-state index in [1.807, 2.05) is 43.3 Å². The van der Waals surface area contributed by atoms with Gasteiger partial charge in [0.2, 0.25) is 0 Å². The van der Waals surface area contributed by atoms with Crippen LogP contribution in [0.15, 0.2) is 47.4 Å². The van der Waals surface area contributed by atoms with Crippen LogP contribution in [0.4, 0.5) is 24.7 Å². The van der Waals surface area contributed by atoms with Crippen molar-refractivity contribution in [3.63, 3.8) is 0 Å². The molecule has 9 heteroatoms. The Morgan fingerprint density at radius 2 is 1.81 bits per heavy atom. The number of sulfone groups is 1. The number of hydrogen-bond acceptors (Lipinski definition) is 5. The Balaban J connectivity index is 1.60. The van der Waals surface area contributed by atoms with E-state index < -0.39 is 43.9 Å². The zero-order valence-corrected chi connectivity index (χ0v) is 18.4. The molecule has 1 atom stereocenters. The average molecular weight is 464 g/mol. The molecule has 0 bridgehead atoms. The van der Waals surface area contributed by atoms with E-state index >= 15 is 4.39 Å². The quantitative estimate of drug-likeness (QED) is 0.526. The number of halogens is 3. The van der Waals surface area contributed by atoms with E-state index in [2.05, 4.69) is 10.3 Å². The minimum atomic E-state index is -4.47. The number of hydrogen-bond donors (Lipinski definition) is 1. The molecule has 0 saturated carbocycles. The van der Waals surface area contributed by atoms with Gasteiger partial charge in [0.05, 0.1) is 5.75 Å². The molecule has 0 aliphatic carbocycles. The van der Waals surface area contributed by atoms with Crippen molar-refractivity contribution >= 4 is 32.1 Å². The molecular weight excluding hydrogens is 439 g/mol. The second-order valence-electron chi connectivity index (χ2n) is 7.99. The lowest BCUT2D eigenvalue weighted by Gasteiger charge is -2.34. The van der Waals surface area contributed by atoms with E-state index in [1.54, 1.807) is 6.07 Å². The van der Waals surface area contributed by atoms with Gasteiger partial charge >= 0.3 is 0 Å². The van der Waals surface area contributed by atoms with Crippen LogP contribution >= 0.6 is 0 Å². The number of nitrogens with zero attached hydrogens (tertiary/aromatic N) is 2. The highest BCUT2D eigenvalue weighted by Crippen LogP contribution is 2.32. The van der Waals surface area contributed by atoms with Gasteiger partial charge in [0.1, 0.15) is 4.90 Å². The molecule has 3 aromatic rings. The summed E-state index contributed by atoms with van der Waals surface area (Å²) in [5.41, 5.74) is 0.697. The molecule has 0 amide bonds. The molecular formula is C23H24F3N3O2S. The Bertz CT molecular complexity index is 1250. The van der Waals surface area contributed by atoms with Crippen molar-refractivity contribution < 1.29 is 21.6 Å². The SMILES string of the molecule is C[C@@H]1CCCCN1c1nc(F)c(F)c(S(=O)(=O)CCNc2cccc3ccccc23)c1F. The first-order chi connectivity index (χ1) is 15.3. The molecule has 1 fully saturated rings. The summed E-state index contributed by atoms with van der Waals surface area (Å²) >= 11 is 0. The predicted molar refractivity (Wildman–Crippen MR) is 119 cm³/mol. The van der Waals surface area contributed by atoms with Gasteiger partial charge in [-0.15, -0.1) is 0 Å². The summed E-state index contributed by atoms with van der Waals surface area (Å²) in [5.74, 6) is -5.77. The maximum Gasteiger partial charge on any atom is 0.252 e. The van der Waals surface area contributed by atoms with Gasteiger partial charge in [0.15, 0.2) is 27.3 Å². The molecule has 2 heterocycles. The molecule has 5 nitrogen and oxygen atoms in total. The van der Waals surface area contributed by atoms with Crippen LogP contribution in [0.3, 0.4) is 0 Å². The van der Waals surface area contributed by atoms with Gasteiger partial charge in [0.25, 0.3) is 5.95 Å². The molecule has 1 aliphatic heterocycles. The minimum absolute atomic E-state index is 0.103. The Labute approximate surface area is 185 Å². The lowest BCUT2D eigenvalue weighted by molar-refractivity contribution is 0.417. The molecule has 32 heavy (non-hydrogen) atoms. The van der Waals surface area contributed by atoms with E-state index in [9.17, 15) is 17.2 Å². The molecule has 0 spiro atoms. The third kappa shape index (κ3) is 4.26. The second kappa shape index (κ2) is 8.97. The fourth-order valence-electron chi connectivity index (χ4n) is 4.16. The van der Waals surface area contributed by atoms with Gasteiger partial charge in [-0.05, 0) is 37.6 Å². The number of nitrogens with one attached hydrogen (secondary N) is 1. The number of pyridine rings is 1. The number of rotatable bonds is 6. The predicted octanol–water partition coefficient (Wildman–Crippen LogP) is 4.92. The third-order valence-electron chi connectivity index (χ3n) is 5.84. The second-order valence-corrected chi connectivity index (χ2v) is 10.0. The first-order valence-corrected chi connectivity index (χ1v) is 12.2. The average Bonchev–Trinajstić information content (AvgIpc) is 2.77. The number of aromatic nitrogens is 1. The topological polar surface area (TPSA) is 62.3 Å². The van der Waals surface area contributed by atoms with Crippen molar-refractivity contribution in [3.8, 4) is 0 Å². The molecule has 0 radical (unpaired) electrons. The lowest BCUT2D eigenvalue weighted by atomic mass is 10.0. The van der Waals surface area contributed by atoms with Gasteiger partial charge in [-0.3, -0.25) is 0 Å². The van der Waals surface area contributed by atoms with Crippen molar-refractivity contribution in [2.24, 2.45) is 0 Å². The minimum Gasteiger partial charge on any atom is -0.384 e. The summed E-state index contributed by atoms with van der Waals surface area (Å²) in [6.45, 7) is 2.12. The number of anilines is 2. The first kappa shape index (κ1) is 22.4.